The van der Waals surface area contributed by atoms with Gasteiger partial charge in [0.25, 0.3) is 5.91 Å². The second-order valence-corrected chi connectivity index (χ2v) is 5.26. The molecule has 0 aliphatic carbocycles. The van der Waals surface area contributed by atoms with Crippen LogP contribution in [0.4, 0.5) is 0 Å². The summed E-state index contributed by atoms with van der Waals surface area (Å²) in [4.78, 5) is 18.0. The fourth-order valence-electron chi connectivity index (χ4n) is 1.85. The largest absolute Gasteiger partial charge is 0.395 e. The number of aliphatic hydroxyl groups excluding tert-OH is 1. The molecule has 0 aliphatic rings. The third-order valence-corrected chi connectivity index (χ3v) is 3.38. The minimum absolute atomic E-state index is 0.0104. The number of aliphatic hydroxyl groups is 1. The lowest BCUT2D eigenvalue weighted by atomic mass is 10.2. The van der Waals surface area contributed by atoms with E-state index in [1.54, 1.807) is 23.2 Å². The minimum Gasteiger partial charge on any atom is -0.395 e. The number of aromatic nitrogens is 1. The third-order valence-electron chi connectivity index (χ3n) is 2.91. The Bertz CT molecular complexity index is 382. The first kappa shape index (κ1) is 16.1. The van der Waals surface area contributed by atoms with Gasteiger partial charge in [0, 0.05) is 19.3 Å². The molecule has 5 heteroatoms. The first-order valence-corrected chi connectivity index (χ1v) is 7.50. The molecule has 0 radical (unpaired) electrons. The van der Waals surface area contributed by atoms with E-state index in [-0.39, 0.29) is 12.5 Å². The van der Waals surface area contributed by atoms with E-state index in [9.17, 15) is 4.79 Å². The summed E-state index contributed by atoms with van der Waals surface area (Å²) in [6.07, 6.45) is 6.00. The van der Waals surface area contributed by atoms with Crippen molar-refractivity contribution in [3.8, 4) is 0 Å². The molecule has 19 heavy (non-hydrogen) atoms. The van der Waals surface area contributed by atoms with Gasteiger partial charge in [0.05, 0.1) is 12.2 Å². The molecule has 0 aliphatic heterocycles. The number of carbonyl (C=O) groups excluding carboxylic acids is 1. The van der Waals surface area contributed by atoms with E-state index in [4.69, 9.17) is 5.11 Å². The molecule has 0 unspecified atom stereocenters. The number of hydrogen-bond donors (Lipinski definition) is 1. The lowest BCUT2D eigenvalue weighted by Crippen LogP contribution is -2.34. The third kappa shape index (κ3) is 5.70. The van der Waals surface area contributed by atoms with Gasteiger partial charge in [-0.1, -0.05) is 26.2 Å². The first-order valence-electron chi connectivity index (χ1n) is 6.70. The summed E-state index contributed by atoms with van der Waals surface area (Å²) in [5.41, 5.74) is 0.562. The second-order valence-electron chi connectivity index (χ2n) is 4.45. The summed E-state index contributed by atoms with van der Waals surface area (Å²) in [6, 6.07) is 3.50. The van der Waals surface area contributed by atoms with Crippen LogP contribution in [0.2, 0.25) is 0 Å². The maximum Gasteiger partial charge on any atom is 0.255 e. The lowest BCUT2D eigenvalue weighted by Gasteiger charge is -2.21. The first-order chi connectivity index (χ1) is 9.19. The lowest BCUT2D eigenvalue weighted by molar-refractivity contribution is 0.0718. The second kappa shape index (κ2) is 9.04. The van der Waals surface area contributed by atoms with Crippen LogP contribution in [-0.4, -0.2) is 40.6 Å². The van der Waals surface area contributed by atoms with Crippen LogP contribution in [0.5, 0.6) is 0 Å². The van der Waals surface area contributed by atoms with Crippen LogP contribution < -0.4 is 0 Å². The Morgan fingerprint density at radius 1 is 1.32 bits per heavy atom. The van der Waals surface area contributed by atoms with E-state index in [0.29, 0.717) is 23.3 Å². The van der Waals surface area contributed by atoms with Crippen LogP contribution in [0.1, 0.15) is 43.0 Å². The van der Waals surface area contributed by atoms with Crippen LogP contribution in [0, 0.1) is 0 Å². The molecule has 1 rings (SSSR count). The number of pyridine rings is 1. The van der Waals surface area contributed by atoms with Crippen molar-refractivity contribution in [1.82, 2.24) is 9.88 Å². The van der Waals surface area contributed by atoms with Crippen molar-refractivity contribution in [2.24, 2.45) is 0 Å². The highest BCUT2D eigenvalue weighted by Gasteiger charge is 2.15. The average Bonchev–Trinajstić information content (AvgIpc) is 2.42. The summed E-state index contributed by atoms with van der Waals surface area (Å²) in [5.74, 6) is -0.0643. The van der Waals surface area contributed by atoms with Gasteiger partial charge in [-0.15, -0.1) is 0 Å². The maximum absolute atomic E-state index is 12.3. The van der Waals surface area contributed by atoms with E-state index in [1.807, 2.05) is 0 Å². The van der Waals surface area contributed by atoms with Gasteiger partial charge in [0.1, 0.15) is 4.60 Å². The van der Waals surface area contributed by atoms with E-state index in [1.165, 1.54) is 12.8 Å². The summed E-state index contributed by atoms with van der Waals surface area (Å²) in [6.45, 7) is 3.21. The van der Waals surface area contributed by atoms with E-state index in [2.05, 4.69) is 27.8 Å². The zero-order chi connectivity index (χ0) is 14.1. The predicted molar refractivity (Wildman–Crippen MR) is 79.1 cm³/mol. The monoisotopic (exact) mass is 328 g/mol. The Morgan fingerprint density at radius 2 is 2.11 bits per heavy atom. The normalized spacial score (nSPS) is 10.5. The van der Waals surface area contributed by atoms with Crippen LogP contribution in [-0.2, 0) is 0 Å². The molecule has 0 saturated heterocycles. The fourth-order valence-corrected chi connectivity index (χ4v) is 2.08. The van der Waals surface area contributed by atoms with Gasteiger partial charge >= 0.3 is 0 Å². The summed E-state index contributed by atoms with van der Waals surface area (Å²) >= 11 is 3.25. The topological polar surface area (TPSA) is 53.4 Å². The van der Waals surface area contributed by atoms with E-state index < -0.39 is 0 Å². The molecule has 4 nitrogen and oxygen atoms in total. The molecule has 1 N–H and O–H groups in total. The van der Waals surface area contributed by atoms with Crippen molar-refractivity contribution in [3.05, 3.63) is 28.5 Å². The maximum atomic E-state index is 12.3. The van der Waals surface area contributed by atoms with Crippen molar-refractivity contribution < 1.29 is 9.90 Å². The minimum atomic E-state index is -0.0643. The van der Waals surface area contributed by atoms with Crippen LogP contribution >= 0.6 is 15.9 Å². The van der Waals surface area contributed by atoms with Gasteiger partial charge in [-0.25, -0.2) is 4.98 Å². The number of unbranched alkanes of at least 4 members (excludes halogenated alkanes) is 3. The Balaban J connectivity index is 2.58. The fraction of sp³-hybridized carbons (Fsp3) is 0.571. The molecular weight excluding hydrogens is 308 g/mol. The zero-order valence-electron chi connectivity index (χ0n) is 11.3. The molecule has 106 valence electrons. The Kier molecular flexibility index (Phi) is 7.67. The van der Waals surface area contributed by atoms with Gasteiger partial charge < -0.3 is 10.0 Å². The number of amides is 1. The van der Waals surface area contributed by atoms with Crippen molar-refractivity contribution in [2.75, 3.05) is 19.7 Å². The standard InChI is InChI=1S/C14H21BrN2O2/c1-2-3-4-5-8-17(9-10-18)14(19)12-6-7-13(15)16-11-12/h6-7,11,18H,2-5,8-10H2,1H3. The molecule has 0 atom stereocenters. The van der Waals surface area contributed by atoms with Crippen molar-refractivity contribution >= 4 is 21.8 Å². The Labute approximate surface area is 123 Å². The molecule has 0 aromatic carbocycles. The summed E-state index contributed by atoms with van der Waals surface area (Å²) in [7, 11) is 0. The highest BCUT2D eigenvalue weighted by atomic mass is 79.9. The summed E-state index contributed by atoms with van der Waals surface area (Å²) in [5, 5.41) is 9.06. The Morgan fingerprint density at radius 3 is 2.68 bits per heavy atom. The van der Waals surface area contributed by atoms with Gasteiger partial charge in [0.2, 0.25) is 0 Å². The van der Waals surface area contributed by atoms with Gasteiger partial charge in [0.15, 0.2) is 0 Å². The highest BCUT2D eigenvalue weighted by molar-refractivity contribution is 9.10. The Hall–Kier alpha value is -0.940. The van der Waals surface area contributed by atoms with Gasteiger partial charge in [-0.3, -0.25) is 4.79 Å². The summed E-state index contributed by atoms with van der Waals surface area (Å²) < 4.78 is 0.709. The zero-order valence-corrected chi connectivity index (χ0v) is 12.9. The number of hydrogen-bond acceptors (Lipinski definition) is 3. The number of carbonyl (C=O) groups is 1. The van der Waals surface area contributed by atoms with Crippen LogP contribution in [0.25, 0.3) is 0 Å². The molecule has 1 amide bonds. The number of rotatable bonds is 8. The number of nitrogens with zero attached hydrogens (tertiary/aromatic N) is 2. The SMILES string of the molecule is CCCCCCN(CCO)C(=O)c1ccc(Br)nc1. The van der Waals surface area contributed by atoms with Crippen molar-refractivity contribution in [3.63, 3.8) is 0 Å². The van der Waals surface area contributed by atoms with Gasteiger partial charge in [-0.2, -0.15) is 0 Å². The molecule has 1 aromatic rings. The van der Waals surface area contributed by atoms with E-state index in [0.717, 1.165) is 12.8 Å². The molecule has 0 fully saturated rings. The average molecular weight is 329 g/mol. The molecule has 1 aromatic heterocycles. The molecule has 1 heterocycles. The van der Waals surface area contributed by atoms with Crippen molar-refractivity contribution in [2.45, 2.75) is 32.6 Å². The van der Waals surface area contributed by atoms with Crippen LogP contribution in [0.15, 0.2) is 22.9 Å². The molecule has 0 spiro atoms. The predicted octanol–water partition coefficient (Wildman–Crippen LogP) is 2.86. The van der Waals surface area contributed by atoms with Crippen LogP contribution in [0.3, 0.4) is 0 Å². The smallest absolute Gasteiger partial charge is 0.255 e. The van der Waals surface area contributed by atoms with Crippen molar-refractivity contribution in [1.29, 1.82) is 0 Å². The van der Waals surface area contributed by atoms with E-state index >= 15 is 0 Å². The quantitative estimate of drug-likeness (QED) is 0.589. The molecule has 0 bridgehead atoms. The highest BCUT2D eigenvalue weighted by Crippen LogP contribution is 2.10. The molecular formula is C14H21BrN2O2. The van der Waals surface area contributed by atoms with Gasteiger partial charge in [-0.05, 0) is 34.5 Å². The molecule has 0 saturated carbocycles. The number of halogens is 1.